The monoisotopic (exact) mass is 223 g/mol. The van der Waals surface area contributed by atoms with Gasteiger partial charge in [-0.05, 0) is 12.5 Å². The Hall–Kier alpha value is -1.43. The van der Waals surface area contributed by atoms with Gasteiger partial charge >= 0.3 is 0 Å². The lowest BCUT2D eigenvalue weighted by molar-refractivity contribution is -0.125. The number of H-pyrrole nitrogens is 1. The van der Waals surface area contributed by atoms with Crippen LogP contribution in [0.3, 0.4) is 0 Å². The lowest BCUT2D eigenvalue weighted by Crippen LogP contribution is -2.35. The number of carbonyl (C=O) groups excluding carboxylic acids is 1. The molecule has 0 aromatic carbocycles. The molecular formula is C10H17N5O. The van der Waals surface area contributed by atoms with Gasteiger partial charge in [-0.3, -0.25) is 9.89 Å². The molecule has 88 valence electrons. The van der Waals surface area contributed by atoms with Crippen molar-refractivity contribution in [1.29, 1.82) is 0 Å². The quantitative estimate of drug-likeness (QED) is 0.631. The third-order valence-electron chi connectivity index (χ3n) is 2.98. The SMILES string of the molecule is CC1CNCC1C(=O)NCCc1ncn[nH]1. The first-order valence-corrected chi connectivity index (χ1v) is 5.60. The van der Waals surface area contributed by atoms with Gasteiger partial charge in [0.1, 0.15) is 12.2 Å². The molecule has 6 nitrogen and oxygen atoms in total. The minimum absolute atomic E-state index is 0.106. The van der Waals surface area contributed by atoms with Gasteiger partial charge in [-0.1, -0.05) is 6.92 Å². The van der Waals surface area contributed by atoms with E-state index in [1.807, 2.05) is 0 Å². The Morgan fingerprint density at radius 3 is 3.12 bits per heavy atom. The fourth-order valence-corrected chi connectivity index (χ4v) is 1.95. The maximum absolute atomic E-state index is 11.8. The van der Waals surface area contributed by atoms with Crippen molar-refractivity contribution < 1.29 is 4.79 Å². The first-order chi connectivity index (χ1) is 7.77. The minimum atomic E-state index is 0.106. The number of amides is 1. The topological polar surface area (TPSA) is 82.7 Å². The largest absolute Gasteiger partial charge is 0.355 e. The molecule has 6 heteroatoms. The standard InChI is InChI=1S/C10H17N5O/c1-7-4-11-5-8(7)10(16)12-3-2-9-13-6-14-15-9/h6-8,11H,2-5H2,1H3,(H,12,16)(H,13,14,15). The van der Waals surface area contributed by atoms with E-state index in [0.29, 0.717) is 18.9 Å². The van der Waals surface area contributed by atoms with Gasteiger partial charge in [-0.2, -0.15) is 5.10 Å². The van der Waals surface area contributed by atoms with Gasteiger partial charge in [-0.15, -0.1) is 0 Å². The molecule has 0 saturated carbocycles. The number of aromatic nitrogens is 3. The van der Waals surface area contributed by atoms with Crippen LogP contribution in [0.5, 0.6) is 0 Å². The lowest BCUT2D eigenvalue weighted by Gasteiger charge is -2.13. The molecule has 2 rings (SSSR count). The molecule has 2 unspecified atom stereocenters. The van der Waals surface area contributed by atoms with Crippen LogP contribution in [-0.4, -0.2) is 40.7 Å². The van der Waals surface area contributed by atoms with Crippen molar-refractivity contribution in [3.63, 3.8) is 0 Å². The number of rotatable bonds is 4. The fraction of sp³-hybridized carbons (Fsp3) is 0.700. The van der Waals surface area contributed by atoms with Crippen molar-refractivity contribution >= 4 is 5.91 Å². The predicted octanol–water partition coefficient (Wildman–Crippen LogP) is -0.681. The third-order valence-corrected chi connectivity index (χ3v) is 2.98. The Morgan fingerprint density at radius 1 is 1.62 bits per heavy atom. The summed E-state index contributed by atoms with van der Waals surface area (Å²) in [6.07, 6.45) is 2.17. The third kappa shape index (κ3) is 2.57. The normalized spacial score (nSPS) is 24.6. The van der Waals surface area contributed by atoms with E-state index < -0.39 is 0 Å². The van der Waals surface area contributed by atoms with Crippen molar-refractivity contribution in [3.8, 4) is 0 Å². The lowest BCUT2D eigenvalue weighted by atomic mass is 9.97. The zero-order valence-electron chi connectivity index (χ0n) is 9.36. The zero-order valence-corrected chi connectivity index (χ0v) is 9.36. The Bertz CT molecular complexity index is 337. The van der Waals surface area contributed by atoms with Crippen LogP contribution in [0.2, 0.25) is 0 Å². The van der Waals surface area contributed by atoms with E-state index in [9.17, 15) is 4.79 Å². The van der Waals surface area contributed by atoms with Gasteiger partial charge in [0.05, 0.1) is 5.92 Å². The highest BCUT2D eigenvalue weighted by molar-refractivity contribution is 5.79. The van der Waals surface area contributed by atoms with Gasteiger partial charge in [0.2, 0.25) is 5.91 Å². The Morgan fingerprint density at radius 2 is 2.50 bits per heavy atom. The zero-order chi connectivity index (χ0) is 11.4. The number of nitrogens with zero attached hydrogens (tertiary/aromatic N) is 2. The molecule has 1 aromatic heterocycles. The molecule has 16 heavy (non-hydrogen) atoms. The van der Waals surface area contributed by atoms with Crippen LogP contribution in [-0.2, 0) is 11.2 Å². The maximum Gasteiger partial charge on any atom is 0.224 e. The van der Waals surface area contributed by atoms with E-state index in [4.69, 9.17) is 0 Å². The fourth-order valence-electron chi connectivity index (χ4n) is 1.95. The molecule has 2 atom stereocenters. The van der Waals surface area contributed by atoms with Crippen LogP contribution >= 0.6 is 0 Å². The van der Waals surface area contributed by atoms with Crippen molar-refractivity contribution in [2.24, 2.45) is 11.8 Å². The average molecular weight is 223 g/mol. The highest BCUT2D eigenvalue weighted by Gasteiger charge is 2.28. The second-order valence-electron chi connectivity index (χ2n) is 4.22. The first-order valence-electron chi connectivity index (χ1n) is 5.60. The number of carbonyl (C=O) groups is 1. The van der Waals surface area contributed by atoms with Gasteiger partial charge in [0.15, 0.2) is 0 Å². The van der Waals surface area contributed by atoms with Crippen LogP contribution in [0.1, 0.15) is 12.7 Å². The van der Waals surface area contributed by atoms with Crippen molar-refractivity contribution in [3.05, 3.63) is 12.2 Å². The molecule has 0 bridgehead atoms. The number of hydrogen-bond donors (Lipinski definition) is 3. The summed E-state index contributed by atoms with van der Waals surface area (Å²) in [5, 5.41) is 12.7. The van der Waals surface area contributed by atoms with Gasteiger partial charge in [-0.25, -0.2) is 4.98 Å². The number of nitrogens with one attached hydrogen (secondary N) is 3. The summed E-state index contributed by atoms with van der Waals surface area (Å²) in [6.45, 7) is 4.42. The van der Waals surface area contributed by atoms with Crippen LogP contribution in [0.4, 0.5) is 0 Å². The van der Waals surface area contributed by atoms with Crippen molar-refractivity contribution in [2.75, 3.05) is 19.6 Å². The maximum atomic E-state index is 11.8. The van der Waals surface area contributed by atoms with Crippen LogP contribution < -0.4 is 10.6 Å². The van der Waals surface area contributed by atoms with Gasteiger partial charge in [0, 0.05) is 19.5 Å². The summed E-state index contributed by atoms with van der Waals surface area (Å²) in [7, 11) is 0. The van der Waals surface area contributed by atoms with Gasteiger partial charge < -0.3 is 10.6 Å². The molecule has 1 aromatic rings. The first kappa shape index (κ1) is 11.1. The average Bonchev–Trinajstić information content (AvgIpc) is 2.88. The molecule has 0 radical (unpaired) electrons. The summed E-state index contributed by atoms with van der Waals surface area (Å²) in [6, 6.07) is 0. The van der Waals surface area contributed by atoms with E-state index in [1.165, 1.54) is 6.33 Å². The summed E-state index contributed by atoms with van der Waals surface area (Å²) in [5.41, 5.74) is 0. The number of hydrogen-bond acceptors (Lipinski definition) is 4. The molecular weight excluding hydrogens is 206 g/mol. The van der Waals surface area contributed by atoms with Gasteiger partial charge in [0.25, 0.3) is 0 Å². The van der Waals surface area contributed by atoms with Crippen LogP contribution in [0.25, 0.3) is 0 Å². The molecule has 1 fully saturated rings. The molecule has 1 aliphatic heterocycles. The summed E-state index contributed by atoms with van der Waals surface area (Å²) < 4.78 is 0. The van der Waals surface area contributed by atoms with Crippen LogP contribution in [0, 0.1) is 11.8 Å². The van der Waals surface area contributed by atoms with Crippen molar-refractivity contribution in [1.82, 2.24) is 25.8 Å². The second kappa shape index (κ2) is 5.07. The van der Waals surface area contributed by atoms with Crippen LogP contribution in [0.15, 0.2) is 6.33 Å². The molecule has 1 amide bonds. The van der Waals surface area contributed by atoms with E-state index >= 15 is 0 Å². The molecule has 1 aliphatic rings. The second-order valence-corrected chi connectivity index (χ2v) is 4.22. The molecule has 3 N–H and O–H groups in total. The molecule has 2 heterocycles. The number of aromatic amines is 1. The minimum Gasteiger partial charge on any atom is -0.355 e. The Balaban J connectivity index is 1.71. The highest BCUT2D eigenvalue weighted by Crippen LogP contribution is 2.15. The summed E-state index contributed by atoms with van der Waals surface area (Å²) >= 11 is 0. The summed E-state index contributed by atoms with van der Waals surface area (Å²) in [4.78, 5) is 15.8. The summed E-state index contributed by atoms with van der Waals surface area (Å²) in [5.74, 6) is 1.47. The van der Waals surface area contributed by atoms with E-state index in [0.717, 1.165) is 18.9 Å². The molecule has 0 aliphatic carbocycles. The van der Waals surface area contributed by atoms with E-state index in [1.54, 1.807) is 0 Å². The van der Waals surface area contributed by atoms with Crippen molar-refractivity contribution in [2.45, 2.75) is 13.3 Å². The molecule has 1 saturated heterocycles. The van der Waals surface area contributed by atoms with E-state index in [-0.39, 0.29) is 11.8 Å². The Kier molecular flexibility index (Phi) is 3.51. The predicted molar refractivity (Wildman–Crippen MR) is 58.6 cm³/mol. The van der Waals surface area contributed by atoms with E-state index in [2.05, 4.69) is 32.7 Å². The molecule has 0 spiro atoms. The Labute approximate surface area is 94.2 Å². The smallest absolute Gasteiger partial charge is 0.224 e. The highest BCUT2D eigenvalue weighted by atomic mass is 16.1.